The minimum absolute atomic E-state index is 0.0548. The molecule has 0 radical (unpaired) electrons. The molecule has 0 saturated carbocycles. The molecule has 0 unspecified atom stereocenters. The van der Waals surface area contributed by atoms with Gasteiger partial charge in [0.15, 0.2) is 0 Å². The Bertz CT molecular complexity index is 332. The van der Waals surface area contributed by atoms with Crippen LogP contribution in [-0.2, 0) is 11.3 Å². The summed E-state index contributed by atoms with van der Waals surface area (Å²) in [6.07, 6.45) is 5.17. The molecule has 0 aromatic carbocycles. The molecule has 1 aromatic heterocycles. The highest BCUT2D eigenvalue weighted by Crippen LogP contribution is 2.12. The first-order chi connectivity index (χ1) is 8.09. The Morgan fingerprint density at radius 1 is 1.47 bits per heavy atom. The number of amides is 1. The molecule has 1 rings (SSSR count). The van der Waals surface area contributed by atoms with Crippen LogP contribution in [0.4, 0.5) is 0 Å². The predicted molar refractivity (Wildman–Crippen MR) is 65.4 cm³/mol. The Hall–Kier alpha value is -1.36. The first kappa shape index (κ1) is 13.7. The zero-order valence-electron chi connectivity index (χ0n) is 10.5. The lowest BCUT2D eigenvalue weighted by Crippen LogP contribution is -2.42. The summed E-state index contributed by atoms with van der Waals surface area (Å²) < 4.78 is 1.71. The van der Waals surface area contributed by atoms with Gasteiger partial charge in [-0.15, -0.1) is 0 Å². The smallest absolute Gasteiger partial charge is 0.221 e. The number of nitrogens with one attached hydrogen (secondary N) is 1. The van der Waals surface area contributed by atoms with Crippen LogP contribution in [0.3, 0.4) is 0 Å². The van der Waals surface area contributed by atoms with Crippen molar-refractivity contribution in [1.29, 1.82) is 0 Å². The van der Waals surface area contributed by atoms with Crippen LogP contribution in [0.5, 0.6) is 0 Å². The van der Waals surface area contributed by atoms with Crippen molar-refractivity contribution < 1.29 is 9.90 Å². The van der Waals surface area contributed by atoms with Crippen LogP contribution in [0.15, 0.2) is 18.5 Å². The van der Waals surface area contributed by atoms with Crippen LogP contribution in [0.25, 0.3) is 0 Å². The molecule has 2 N–H and O–H groups in total. The summed E-state index contributed by atoms with van der Waals surface area (Å²) in [7, 11) is 0. The van der Waals surface area contributed by atoms with Crippen molar-refractivity contribution in [3.63, 3.8) is 0 Å². The highest BCUT2D eigenvalue weighted by molar-refractivity contribution is 5.75. The van der Waals surface area contributed by atoms with Crippen molar-refractivity contribution >= 4 is 5.91 Å². The maximum Gasteiger partial charge on any atom is 0.221 e. The zero-order valence-corrected chi connectivity index (χ0v) is 10.5. The van der Waals surface area contributed by atoms with Gasteiger partial charge in [0, 0.05) is 31.9 Å². The number of carbonyl (C=O) groups is 1. The summed E-state index contributed by atoms with van der Waals surface area (Å²) in [5, 5.41) is 16.8. The second kappa shape index (κ2) is 6.39. The van der Waals surface area contributed by atoms with E-state index in [9.17, 15) is 9.90 Å². The average Bonchev–Trinajstić information content (AvgIpc) is 2.86. The van der Waals surface area contributed by atoms with Crippen LogP contribution in [0, 0.1) is 0 Å². The van der Waals surface area contributed by atoms with Gasteiger partial charge in [0.2, 0.25) is 5.91 Å². The lowest BCUT2D eigenvalue weighted by atomic mass is 9.97. The molecule has 0 aliphatic carbocycles. The summed E-state index contributed by atoms with van der Waals surface area (Å²) in [5.41, 5.74) is -0.776. The number of aliphatic hydroxyl groups is 1. The molecule has 5 heteroatoms. The Balaban J connectivity index is 2.26. The number of rotatable bonds is 7. The van der Waals surface area contributed by atoms with E-state index in [0.717, 1.165) is 0 Å². The first-order valence-corrected chi connectivity index (χ1v) is 6.06. The van der Waals surface area contributed by atoms with Crippen molar-refractivity contribution in [3.05, 3.63) is 18.5 Å². The van der Waals surface area contributed by atoms with Crippen molar-refractivity contribution in [2.45, 2.75) is 45.3 Å². The van der Waals surface area contributed by atoms with Gasteiger partial charge in [-0.1, -0.05) is 13.8 Å². The Kier molecular flexibility index (Phi) is 5.15. The summed E-state index contributed by atoms with van der Waals surface area (Å²) in [4.78, 5) is 11.6. The van der Waals surface area contributed by atoms with Crippen molar-refractivity contribution in [2.24, 2.45) is 0 Å². The molecular weight excluding hydrogens is 218 g/mol. The van der Waals surface area contributed by atoms with E-state index < -0.39 is 5.60 Å². The molecular formula is C12H21N3O2. The van der Waals surface area contributed by atoms with E-state index in [2.05, 4.69) is 10.4 Å². The van der Waals surface area contributed by atoms with Crippen molar-refractivity contribution in [3.8, 4) is 0 Å². The molecule has 0 bridgehead atoms. The topological polar surface area (TPSA) is 67.2 Å². The number of aryl methyl sites for hydroxylation is 1. The van der Waals surface area contributed by atoms with Gasteiger partial charge in [-0.3, -0.25) is 9.48 Å². The minimum Gasteiger partial charge on any atom is -0.388 e. The van der Waals surface area contributed by atoms with E-state index >= 15 is 0 Å². The fourth-order valence-corrected chi connectivity index (χ4v) is 1.50. The van der Waals surface area contributed by atoms with E-state index in [1.54, 1.807) is 10.9 Å². The van der Waals surface area contributed by atoms with Crippen LogP contribution in [-0.4, -0.2) is 32.9 Å². The SMILES string of the molecule is CCC(O)(CC)CNC(=O)CCn1cccn1. The van der Waals surface area contributed by atoms with Gasteiger partial charge in [0.25, 0.3) is 0 Å². The van der Waals surface area contributed by atoms with E-state index in [1.807, 2.05) is 26.1 Å². The maximum atomic E-state index is 11.6. The van der Waals surface area contributed by atoms with Gasteiger partial charge in [-0.2, -0.15) is 5.10 Å². The van der Waals surface area contributed by atoms with Gasteiger partial charge in [-0.05, 0) is 18.9 Å². The fraction of sp³-hybridized carbons (Fsp3) is 0.667. The molecule has 1 amide bonds. The lowest BCUT2D eigenvalue weighted by Gasteiger charge is -2.25. The summed E-state index contributed by atoms with van der Waals surface area (Å²) in [6, 6.07) is 1.82. The van der Waals surface area contributed by atoms with Crippen molar-refractivity contribution in [1.82, 2.24) is 15.1 Å². The quantitative estimate of drug-likeness (QED) is 0.744. The Labute approximate surface area is 102 Å². The first-order valence-electron chi connectivity index (χ1n) is 6.06. The van der Waals surface area contributed by atoms with Gasteiger partial charge >= 0.3 is 0 Å². The molecule has 0 spiro atoms. The summed E-state index contributed by atoms with van der Waals surface area (Å²) >= 11 is 0. The zero-order chi connectivity index (χ0) is 12.7. The highest BCUT2D eigenvalue weighted by Gasteiger charge is 2.22. The third-order valence-electron chi connectivity index (χ3n) is 3.06. The van der Waals surface area contributed by atoms with Gasteiger partial charge in [0.05, 0.1) is 5.60 Å². The second-order valence-corrected chi connectivity index (χ2v) is 4.23. The maximum absolute atomic E-state index is 11.6. The van der Waals surface area contributed by atoms with E-state index in [-0.39, 0.29) is 5.91 Å². The fourth-order valence-electron chi connectivity index (χ4n) is 1.50. The van der Waals surface area contributed by atoms with E-state index in [4.69, 9.17) is 0 Å². The lowest BCUT2D eigenvalue weighted by molar-refractivity contribution is -0.122. The summed E-state index contributed by atoms with van der Waals surface area (Å²) in [6.45, 7) is 4.71. The highest BCUT2D eigenvalue weighted by atomic mass is 16.3. The van der Waals surface area contributed by atoms with Crippen LogP contribution >= 0.6 is 0 Å². The molecule has 0 saturated heterocycles. The monoisotopic (exact) mass is 239 g/mol. The molecule has 1 aromatic rings. The third kappa shape index (κ3) is 4.56. The molecule has 96 valence electrons. The van der Waals surface area contributed by atoms with E-state index in [1.165, 1.54) is 0 Å². The molecule has 1 heterocycles. The predicted octanol–water partition coefficient (Wildman–Crippen LogP) is 0.940. The number of nitrogens with zero attached hydrogens (tertiary/aromatic N) is 2. The normalized spacial score (nSPS) is 11.5. The van der Waals surface area contributed by atoms with Crippen molar-refractivity contribution in [2.75, 3.05) is 6.54 Å². The van der Waals surface area contributed by atoms with Crippen LogP contribution in [0.2, 0.25) is 0 Å². The van der Waals surface area contributed by atoms with E-state index in [0.29, 0.717) is 32.4 Å². The molecule has 17 heavy (non-hydrogen) atoms. The summed E-state index contributed by atoms with van der Waals surface area (Å²) in [5.74, 6) is -0.0548. The average molecular weight is 239 g/mol. The van der Waals surface area contributed by atoms with Crippen LogP contribution < -0.4 is 5.32 Å². The Morgan fingerprint density at radius 3 is 2.71 bits per heavy atom. The molecule has 0 aliphatic heterocycles. The minimum atomic E-state index is -0.776. The Morgan fingerprint density at radius 2 is 2.18 bits per heavy atom. The molecule has 0 atom stereocenters. The number of hydrogen-bond acceptors (Lipinski definition) is 3. The largest absolute Gasteiger partial charge is 0.388 e. The van der Waals surface area contributed by atoms with Gasteiger partial charge in [0.1, 0.15) is 0 Å². The van der Waals surface area contributed by atoms with Gasteiger partial charge < -0.3 is 10.4 Å². The second-order valence-electron chi connectivity index (χ2n) is 4.23. The number of aromatic nitrogens is 2. The molecule has 5 nitrogen and oxygen atoms in total. The number of carbonyl (C=O) groups excluding carboxylic acids is 1. The standard InChI is InChI=1S/C12H21N3O2/c1-3-12(17,4-2)10-13-11(16)6-9-15-8-5-7-14-15/h5,7-8,17H,3-4,6,9-10H2,1-2H3,(H,13,16). The molecule has 0 fully saturated rings. The third-order valence-corrected chi connectivity index (χ3v) is 3.06. The number of hydrogen-bond donors (Lipinski definition) is 2. The molecule has 0 aliphatic rings. The van der Waals surface area contributed by atoms with Gasteiger partial charge in [-0.25, -0.2) is 0 Å². The van der Waals surface area contributed by atoms with Crippen LogP contribution in [0.1, 0.15) is 33.1 Å².